The Morgan fingerprint density at radius 2 is 2.25 bits per heavy atom. The fraction of sp³-hybridized carbons (Fsp3) is 0.533. The van der Waals surface area contributed by atoms with Crippen LogP contribution in [0.4, 0.5) is 0 Å². The Hall–Kier alpha value is -1.75. The molecule has 1 unspecified atom stereocenters. The lowest BCUT2D eigenvalue weighted by molar-refractivity contribution is -0.134. The standard InChI is InChI=1S/C15H19NO4/c1-2-18-9-15(17)16-6-5-12(8-16)11-3-4-13-14(7-11)20-10-19-13/h3-4,7,12H,2,5-6,8-10H2,1H3. The van der Waals surface area contributed by atoms with Crippen molar-refractivity contribution < 1.29 is 19.0 Å². The molecule has 2 aliphatic heterocycles. The van der Waals surface area contributed by atoms with Gasteiger partial charge in [-0.1, -0.05) is 6.07 Å². The largest absolute Gasteiger partial charge is 0.454 e. The summed E-state index contributed by atoms with van der Waals surface area (Å²) in [6.45, 7) is 4.50. The molecule has 3 rings (SSSR count). The molecule has 1 aromatic carbocycles. The summed E-state index contributed by atoms with van der Waals surface area (Å²) in [5.41, 5.74) is 1.21. The number of carbonyl (C=O) groups excluding carboxylic acids is 1. The van der Waals surface area contributed by atoms with E-state index in [-0.39, 0.29) is 12.5 Å². The van der Waals surface area contributed by atoms with E-state index in [0.29, 0.717) is 19.3 Å². The number of nitrogens with zero attached hydrogens (tertiary/aromatic N) is 1. The Morgan fingerprint density at radius 3 is 3.10 bits per heavy atom. The molecule has 20 heavy (non-hydrogen) atoms. The minimum Gasteiger partial charge on any atom is -0.454 e. The van der Waals surface area contributed by atoms with Gasteiger partial charge in [0, 0.05) is 25.6 Å². The highest BCUT2D eigenvalue weighted by Gasteiger charge is 2.28. The second kappa shape index (κ2) is 5.71. The first kappa shape index (κ1) is 13.2. The molecule has 1 atom stereocenters. The fourth-order valence-corrected chi connectivity index (χ4v) is 2.71. The van der Waals surface area contributed by atoms with Crippen LogP contribution >= 0.6 is 0 Å². The van der Waals surface area contributed by atoms with Crippen LogP contribution < -0.4 is 9.47 Å². The Kier molecular flexibility index (Phi) is 3.78. The Bertz CT molecular complexity index is 503. The molecule has 108 valence electrons. The van der Waals surface area contributed by atoms with Gasteiger partial charge in [-0.05, 0) is 31.0 Å². The molecule has 1 amide bonds. The molecule has 5 nitrogen and oxygen atoms in total. The zero-order valence-electron chi connectivity index (χ0n) is 11.6. The summed E-state index contributed by atoms with van der Waals surface area (Å²) in [4.78, 5) is 13.8. The first-order valence-corrected chi connectivity index (χ1v) is 7.03. The van der Waals surface area contributed by atoms with Crippen molar-refractivity contribution in [1.29, 1.82) is 0 Å². The van der Waals surface area contributed by atoms with Gasteiger partial charge in [-0.15, -0.1) is 0 Å². The summed E-state index contributed by atoms with van der Waals surface area (Å²) in [6.07, 6.45) is 0.984. The number of amides is 1. The topological polar surface area (TPSA) is 48.0 Å². The second-order valence-electron chi connectivity index (χ2n) is 5.08. The summed E-state index contributed by atoms with van der Waals surface area (Å²) in [7, 11) is 0. The first-order chi connectivity index (χ1) is 9.78. The molecule has 0 N–H and O–H groups in total. The quantitative estimate of drug-likeness (QED) is 0.841. The van der Waals surface area contributed by atoms with Crippen LogP contribution in [0.15, 0.2) is 18.2 Å². The van der Waals surface area contributed by atoms with Gasteiger partial charge in [0.1, 0.15) is 6.61 Å². The number of benzene rings is 1. The van der Waals surface area contributed by atoms with Crippen LogP contribution in [-0.4, -0.2) is 43.9 Å². The van der Waals surface area contributed by atoms with Crippen molar-refractivity contribution in [3.05, 3.63) is 23.8 Å². The van der Waals surface area contributed by atoms with Gasteiger partial charge in [0.25, 0.3) is 0 Å². The molecular formula is C15H19NO4. The zero-order valence-corrected chi connectivity index (χ0v) is 11.6. The normalized spacial score (nSPS) is 20.4. The number of carbonyl (C=O) groups is 1. The van der Waals surface area contributed by atoms with E-state index in [4.69, 9.17) is 14.2 Å². The van der Waals surface area contributed by atoms with Crippen molar-refractivity contribution in [2.24, 2.45) is 0 Å². The number of likely N-dealkylation sites (tertiary alicyclic amines) is 1. The monoisotopic (exact) mass is 277 g/mol. The number of hydrogen-bond donors (Lipinski definition) is 0. The molecule has 0 spiro atoms. The summed E-state index contributed by atoms with van der Waals surface area (Å²) >= 11 is 0. The van der Waals surface area contributed by atoms with Crippen molar-refractivity contribution in [3.63, 3.8) is 0 Å². The molecule has 0 bridgehead atoms. The van der Waals surface area contributed by atoms with Crippen molar-refractivity contribution in [3.8, 4) is 11.5 Å². The predicted molar refractivity (Wildman–Crippen MR) is 73.0 cm³/mol. The van der Waals surface area contributed by atoms with Crippen LogP contribution in [0.5, 0.6) is 11.5 Å². The Labute approximate surface area is 118 Å². The van der Waals surface area contributed by atoms with E-state index in [9.17, 15) is 4.79 Å². The Balaban J connectivity index is 1.63. The average Bonchev–Trinajstić information content (AvgIpc) is 3.12. The second-order valence-corrected chi connectivity index (χ2v) is 5.08. The van der Waals surface area contributed by atoms with Crippen LogP contribution in [0.25, 0.3) is 0 Å². The van der Waals surface area contributed by atoms with Gasteiger partial charge >= 0.3 is 0 Å². The van der Waals surface area contributed by atoms with E-state index >= 15 is 0 Å². The maximum atomic E-state index is 11.9. The lowest BCUT2D eigenvalue weighted by Crippen LogP contribution is -2.31. The highest BCUT2D eigenvalue weighted by molar-refractivity contribution is 5.77. The van der Waals surface area contributed by atoms with Crippen LogP contribution in [0.2, 0.25) is 0 Å². The third-order valence-corrected chi connectivity index (χ3v) is 3.84. The molecule has 0 radical (unpaired) electrons. The first-order valence-electron chi connectivity index (χ1n) is 7.03. The van der Waals surface area contributed by atoms with Crippen molar-refractivity contribution in [2.75, 3.05) is 33.1 Å². The fourth-order valence-electron chi connectivity index (χ4n) is 2.71. The molecule has 1 fully saturated rings. The van der Waals surface area contributed by atoms with Gasteiger partial charge in [0.05, 0.1) is 0 Å². The molecule has 5 heteroatoms. The summed E-state index contributed by atoms with van der Waals surface area (Å²) < 4.78 is 15.9. The SMILES string of the molecule is CCOCC(=O)N1CCC(c2ccc3c(c2)OCO3)C1. The third-order valence-electron chi connectivity index (χ3n) is 3.84. The van der Waals surface area contributed by atoms with E-state index in [0.717, 1.165) is 31.0 Å². The summed E-state index contributed by atoms with van der Waals surface area (Å²) in [5, 5.41) is 0. The average molecular weight is 277 g/mol. The molecule has 1 aromatic rings. The highest BCUT2D eigenvalue weighted by Crippen LogP contribution is 2.37. The minimum atomic E-state index is 0.0788. The lowest BCUT2D eigenvalue weighted by Gasteiger charge is -2.16. The zero-order chi connectivity index (χ0) is 13.9. The van der Waals surface area contributed by atoms with E-state index < -0.39 is 0 Å². The maximum absolute atomic E-state index is 11.9. The van der Waals surface area contributed by atoms with Crippen molar-refractivity contribution >= 4 is 5.91 Å². The summed E-state index contributed by atoms with van der Waals surface area (Å²) in [5.74, 6) is 2.06. The highest BCUT2D eigenvalue weighted by atomic mass is 16.7. The molecular weight excluding hydrogens is 258 g/mol. The third kappa shape index (κ3) is 2.58. The number of rotatable bonds is 4. The van der Waals surface area contributed by atoms with E-state index in [1.54, 1.807) is 0 Å². The van der Waals surface area contributed by atoms with Crippen LogP contribution in [-0.2, 0) is 9.53 Å². The molecule has 0 aliphatic carbocycles. The van der Waals surface area contributed by atoms with Gasteiger partial charge in [0.2, 0.25) is 12.7 Å². The molecule has 1 saturated heterocycles. The van der Waals surface area contributed by atoms with Crippen LogP contribution in [0, 0.1) is 0 Å². The number of ether oxygens (including phenoxy) is 3. The summed E-state index contributed by atoms with van der Waals surface area (Å²) in [6, 6.07) is 6.04. The number of fused-ring (bicyclic) bond motifs is 1. The molecule has 0 aromatic heterocycles. The number of hydrogen-bond acceptors (Lipinski definition) is 4. The predicted octanol–water partition coefficient (Wildman–Crippen LogP) is 1.77. The molecule has 2 heterocycles. The smallest absolute Gasteiger partial charge is 0.248 e. The van der Waals surface area contributed by atoms with Gasteiger partial charge in [0.15, 0.2) is 11.5 Å². The lowest BCUT2D eigenvalue weighted by atomic mass is 9.98. The van der Waals surface area contributed by atoms with Crippen molar-refractivity contribution in [1.82, 2.24) is 4.90 Å². The van der Waals surface area contributed by atoms with E-state index in [1.165, 1.54) is 5.56 Å². The van der Waals surface area contributed by atoms with Crippen molar-refractivity contribution in [2.45, 2.75) is 19.3 Å². The maximum Gasteiger partial charge on any atom is 0.248 e. The molecule has 0 saturated carbocycles. The van der Waals surface area contributed by atoms with E-state index in [1.807, 2.05) is 24.0 Å². The minimum absolute atomic E-state index is 0.0788. The van der Waals surface area contributed by atoms with E-state index in [2.05, 4.69) is 6.07 Å². The van der Waals surface area contributed by atoms with Gasteiger partial charge < -0.3 is 19.1 Å². The Morgan fingerprint density at radius 1 is 1.40 bits per heavy atom. The molecule has 2 aliphatic rings. The van der Waals surface area contributed by atoms with Gasteiger partial charge in [-0.25, -0.2) is 0 Å². The van der Waals surface area contributed by atoms with Gasteiger partial charge in [-0.3, -0.25) is 4.79 Å². The van der Waals surface area contributed by atoms with Gasteiger partial charge in [-0.2, -0.15) is 0 Å². The van der Waals surface area contributed by atoms with Crippen LogP contribution in [0.1, 0.15) is 24.8 Å². The van der Waals surface area contributed by atoms with Crippen LogP contribution in [0.3, 0.4) is 0 Å².